The highest BCUT2D eigenvalue weighted by atomic mass is 35.5. The Bertz CT molecular complexity index is 974. The molecule has 2 atom stereocenters. The SMILES string of the molecule is C[C@H](NC(=O)[C@H](C)N(c1ccc(Cl)cc1)S(C)(=O)=O)c1ccc2c(c1)CCC2. The van der Waals surface area contributed by atoms with Crippen LogP contribution in [0.3, 0.4) is 0 Å². The molecule has 7 heteroatoms. The van der Waals surface area contributed by atoms with Gasteiger partial charge in [-0.1, -0.05) is 29.8 Å². The maximum absolute atomic E-state index is 12.8. The van der Waals surface area contributed by atoms with Gasteiger partial charge in [-0.05, 0) is 74.1 Å². The molecule has 0 spiro atoms. The Labute approximate surface area is 171 Å². The number of halogens is 1. The van der Waals surface area contributed by atoms with Gasteiger partial charge in [-0.3, -0.25) is 9.10 Å². The Morgan fingerprint density at radius 1 is 1.07 bits per heavy atom. The molecule has 5 nitrogen and oxygen atoms in total. The summed E-state index contributed by atoms with van der Waals surface area (Å²) in [7, 11) is -3.65. The number of hydrogen-bond acceptors (Lipinski definition) is 3. The summed E-state index contributed by atoms with van der Waals surface area (Å²) in [6.07, 6.45) is 4.44. The minimum absolute atomic E-state index is 0.215. The molecule has 0 unspecified atom stereocenters. The quantitative estimate of drug-likeness (QED) is 0.771. The maximum atomic E-state index is 12.8. The van der Waals surface area contributed by atoms with Gasteiger partial charge in [0.15, 0.2) is 0 Å². The lowest BCUT2D eigenvalue weighted by Crippen LogP contribution is -2.48. The van der Waals surface area contributed by atoms with E-state index in [2.05, 4.69) is 17.4 Å². The first kappa shape index (κ1) is 20.7. The van der Waals surface area contributed by atoms with Crippen molar-refractivity contribution in [2.24, 2.45) is 0 Å². The van der Waals surface area contributed by atoms with Crippen molar-refractivity contribution < 1.29 is 13.2 Å². The molecule has 150 valence electrons. The highest BCUT2D eigenvalue weighted by Gasteiger charge is 2.30. The number of nitrogens with zero attached hydrogens (tertiary/aromatic N) is 1. The van der Waals surface area contributed by atoms with Crippen molar-refractivity contribution in [2.75, 3.05) is 10.6 Å². The standard InChI is InChI=1S/C21H25ClN2O3S/c1-14(17-8-7-16-5-4-6-18(16)13-17)23-21(25)15(2)24(28(3,26)27)20-11-9-19(22)10-12-20/h7-15H,4-6H2,1-3H3,(H,23,25)/t14-,15-/m0/s1. The van der Waals surface area contributed by atoms with Gasteiger partial charge in [0.2, 0.25) is 15.9 Å². The zero-order chi connectivity index (χ0) is 20.5. The Balaban J connectivity index is 1.78. The number of benzene rings is 2. The Kier molecular flexibility index (Phi) is 6.01. The van der Waals surface area contributed by atoms with Crippen LogP contribution in [0.5, 0.6) is 0 Å². The van der Waals surface area contributed by atoms with Crippen LogP contribution in [-0.4, -0.2) is 26.6 Å². The fourth-order valence-electron chi connectivity index (χ4n) is 3.68. The maximum Gasteiger partial charge on any atom is 0.244 e. The summed E-state index contributed by atoms with van der Waals surface area (Å²) in [6, 6.07) is 11.6. The molecular formula is C21H25ClN2O3S. The van der Waals surface area contributed by atoms with Crippen molar-refractivity contribution in [1.29, 1.82) is 0 Å². The van der Waals surface area contributed by atoms with Crippen LogP contribution in [0.25, 0.3) is 0 Å². The lowest BCUT2D eigenvalue weighted by molar-refractivity contribution is -0.122. The molecule has 1 aliphatic rings. The average molecular weight is 421 g/mol. The summed E-state index contributed by atoms with van der Waals surface area (Å²) in [4.78, 5) is 12.8. The molecule has 0 saturated carbocycles. The highest BCUT2D eigenvalue weighted by Crippen LogP contribution is 2.26. The second-order valence-electron chi connectivity index (χ2n) is 7.32. The van der Waals surface area contributed by atoms with Gasteiger partial charge < -0.3 is 5.32 Å². The first-order valence-corrected chi connectivity index (χ1v) is 11.6. The molecule has 3 rings (SSSR count). The summed E-state index contributed by atoms with van der Waals surface area (Å²) in [6.45, 7) is 3.49. The van der Waals surface area contributed by atoms with E-state index in [1.807, 2.05) is 13.0 Å². The van der Waals surface area contributed by atoms with Crippen LogP contribution in [0.15, 0.2) is 42.5 Å². The van der Waals surface area contributed by atoms with E-state index in [0.29, 0.717) is 10.7 Å². The smallest absolute Gasteiger partial charge is 0.244 e. The first-order valence-electron chi connectivity index (χ1n) is 9.34. The van der Waals surface area contributed by atoms with Crippen LogP contribution in [0.2, 0.25) is 5.02 Å². The van der Waals surface area contributed by atoms with E-state index in [4.69, 9.17) is 11.6 Å². The van der Waals surface area contributed by atoms with E-state index in [-0.39, 0.29) is 11.9 Å². The third-order valence-corrected chi connectivity index (χ3v) is 6.64. The number of anilines is 1. The Morgan fingerprint density at radius 3 is 2.36 bits per heavy atom. The molecule has 1 N–H and O–H groups in total. The van der Waals surface area contributed by atoms with E-state index in [9.17, 15) is 13.2 Å². The minimum Gasteiger partial charge on any atom is -0.348 e. The molecule has 0 heterocycles. The van der Waals surface area contributed by atoms with E-state index >= 15 is 0 Å². The monoisotopic (exact) mass is 420 g/mol. The molecule has 1 amide bonds. The largest absolute Gasteiger partial charge is 0.348 e. The number of hydrogen-bond donors (Lipinski definition) is 1. The minimum atomic E-state index is -3.65. The molecule has 0 aromatic heterocycles. The number of carbonyl (C=O) groups is 1. The molecule has 0 fully saturated rings. The number of fused-ring (bicyclic) bond motifs is 1. The fraction of sp³-hybridized carbons (Fsp3) is 0.381. The van der Waals surface area contributed by atoms with Crippen molar-refractivity contribution in [1.82, 2.24) is 5.32 Å². The molecule has 2 aromatic rings. The number of rotatable bonds is 6. The van der Waals surface area contributed by atoms with Crippen molar-refractivity contribution in [2.45, 2.75) is 45.2 Å². The molecule has 0 bridgehead atoms. The number of sulfonamides is 1. The van der Waals surface area contributed by atoms with E-state index in [1.165, 1.54) is 17.5 Å². The Morgan fingerprint density at radius 2 is 1.71 bits per heavy atom. The second kappa shape index (κ2) is 8.13. The van der Waals surface area contributed by atoms with Crippen LogP contribution in [-0.2, 0) is 27.7 Å². The van der Waals surface area contributed by atoms with Gasteiger partial charge >= 0.3 is 0 Å². The molecule has 1 aliphatic carbocycles. The number of aryl methyl sites for hydroxylation is 2. The van der Waals surface area contributed by atoms with E-state index in [1.54, 1.807) is 31.2 Å². The second-order valence-corrected chi connectivity index (χ2v) is 9.62. The lowest BCUT2D eigenvalue weighted by atomic mass is 10.0. The van der Waals surface area contributed by atoms with Gasteiger partial charge in [0, 0.05) is 5.02 Å². The topological polar surface area (TPSA) is 66.5 Å². The molecule has 0 aliphatic heterocycles. The van der Waals surface area contributed by atoms with Crippen molar-refractivity contribution in [3.63, 3.8) is 0 Å². The van der Waals surface area contributed by atoms with Crippen molar-refractivity contribution >= 4 is 33.2 Å². The number of carbonyl (C=O) groups excluding carboxylic acids is 1. The number of amides is 1. The van der Waals surface area contributed by atoms with Crippen LogP contribution in [0, 0.1) is 0 Å². The van der Waals surface area contributed by atoms with Crippen LogP contribution >= 0.6 is 11.6 Å². The normalized spacial score (nSPS) is 15.6. The zero-order valence-electron chi connectivity index (χ0n) is 16.3. The lowest BCUT2D eigenvalue weighted by Gasteiger charge is -2.29. The fourth-order valence-corrected chi connectivity index (χ4v) is 4.98. The van der Waals surface area contributed by atoms with Crippen molar-refractivity contribution in [3.05, 3.63) is 64.2 Å². The summed E-state index contributed by atoms with van der Waals surface area (Å²) in [5, 5.41) is 3.45. The van der Waals surface area contributed by atoms with Gasteiger partial charge in [-0.25, -0.2) is 8.42 Å². The summed E-state index contributed by atoms with van der Waals surface area (Å²) in [5.74, 6) is -0.353. The zero-order valence-corrected chi connectivity index (χ0v) is 17.8. The molecule has 2 aromatic carbocycles. The number of nitrogens with one attached hydrogen (secondary N) is 1. The first-order chi connectivity index (χ1) is 13.2. The van der Waals surface area contributed by atoms with Gasteiger partial charge in [0.05, 0.1) is 18.0 Å². The van der Waals surface area contributed by atoms with Crippen LogP contribution in [0.1, 0.15) is 43.0 Å². The predicted octanol–water partition coefficient (Wildman–Crippen LogP) is 3.86. The summed E-state index contributed by atoms with van der Waals surface area (Å²) in [5.41, 5.74) is 4.14. The average Bonchev–Trinajstić information content (AvgIpc) is 3.10. The van der Waals surface area contributed by atoms with Crippen LogP contribution < -0.4 is 9.62 Å². The molecular weight excluding hydrogens is 396 g/mol. The summed E-state index contributed by atoms with van der Waals surface area (Å²) >= 11 is 5.90. The Hall–Kier alpha value is -2.05. The van der Waals surface area contributed by atoms with Gasteiger partial charge in [0.1, 0.15) is 6.04 Å². The van der Waals surface area contributed by atoms with Gasteiger partial charge in [0.25, 0.3) is 0 Å². The van der Waals surface area contributed by atoms with Crippen molar-refractivity contribution in [3.8, 4) is 0 Å². The molecule has 28 heavy (non-hydrogen) atoms. The third-order valence-electron chi connectivity index (χ3n) is 5.15. The van der Waals surface area contributed by atoms with E-state index in [0.717, 1.165) is 29.0 Å². The van der Waals surface area contributed by atoms with Gasteiger partial charge in [-0.15, -0.1) is 0 Å². The van der Waals surface area contributed by atoms with Gasteiger partial charge in [-0.2, -0.15) is 0 Å². The van der Waals surface area contributed by atoms with E-state index < -0.39 is 16.1 Å². The predicted molar refractivity (Wildman–Crippen MR) is 113 cm³/mol. The third kappa shape index (κ3) is 4.50. The molecule has 0 radical (unpaired) electrons. The highest BCUT2D eigenvalue weighted by molar-refractivity contribution is 7.92. The molecule has 0 saturated heterocycles. The van der Waals surface area contributed by atoms with Crippen LogP contribution in [0.4, 0.5) is 5.69 Å². The summed E-state index contributed by atoms with van der Waals surface area (Å²) < 4.78 is 25.8.